The van der Waals surface area contributed by atoms with Crippen LogP contribution in [0, 0.1) is 23.6 Å². The van der Waals surface area contributed by atoms with Gasteiger partial charge >= 0.3 is 0 Å². The fourth-order valence-corrected chi connectivity index (χ4v) is 3.49. The molecule has 3 rings (SSSR count). The van der Waals surface area contributed by atoms with E-state index in [9.17, 15) is 9.50 Å². The number of halogens is 2. The Morgan fingerprint density at radius 3 is 2.65 bits per heavy atom. The molecule has 0 aliphatic heterocycles. The maximum atomic E-state index is 13.6. The van der Waals surface area contributed by atoms with Crippen LogP contribution in [0.5, 0.6) is 0 Å². The van der Waals surface area contributed by atoms with Gasteiger partial charge in [0.15, 0.2) is 0 Å². The van der Waals surface area contributed by atoms with Gasteiger partial charge in [-0.3, -0.25) is 0 Å². The summed E-state index contributed by atoms with van der Waals surface area (Å²) in [4.78, 5) is 0. The molecular weight excluding hydrogens is 283 g/mol. The van der Waals surface area contributed by atoms with E-state index in [2.05, 4.69) is 15.9 Å². The van der Waals surface area contributed by atoms with Gasteiger partial charge in [0.05, 0.1) is 6.10 Å². The molecule has 1 aromatic carbocycles. The molecule has 1 aromatic rings. The van der Waals surface area contributed by atoms with Gasteiger partial charge in [-0.15, -0.1) is 0 Å². The topological polar surface area (TPSA) is 20.2 Å². The fourth-order valence-electron chi connectivity index (χ4n) is 3.15. The number of hydrogen-bond acceptors (Lipinski definition) is 1. The van der Waals surface area contributed by atoms with Crippen molar-refractivity contribution < 1.29 is 9.50 Å². The summed E-state index contributed by atoms with van der Waals surface area (Å²) in [6, 6.07) is 5.06. The third kappa shape index (κ3) is 2.41. The predicted octanol–water partition coefficient (Wildman–Crippen LogP) is 3.54. The maximum Gasteiger partial charge on any atom is 0.127 e. The molecular formula is C14H16BrFO. The predicted molar refractivity (Wildman–Crippen MR) is 68.1 cm³/mol. The van der Waals surface area contributed by atoms with Crippen LogP contribution in [0.15, 0.2) is 22.7 Å². The van der Waals surface area contributed by atoms with Crippen molar-refractivity contribution in [2.75, 3.05) is 0 Å². The van der Waals surface area contributed by atoms with Gasteiger partial charge in [-0.05, 0) is 54.7 Å². The van der Waals surface area contributed by atoms with Crippen LogP contribution in [-0.4, -0.2) is 11.2 Å². The minimum Gasteiger partial charge on any atom is -0.392 e. The smallest absolute Gasteiger partial charge is 0.127 e. The number of fused-ring (bicyclic) bond motifs is 1. The zero-order chi connectivity index (χ0) is 12.0. The SMILES string of the molecule is OC(Cc1ccc(Br)cc1F)C1CC2CC2C1. The lowest BCUT2D eigenvalue weighted by atomic mass is 9.92. The van der Waals surface area contributed by atoms with E-state index in [0.717, 1.165) is 29.2 Å². The van der Waals surface area contributed by atoms with E-state index in [4.69, 9.17) is 0 Å². The molecule has 2 aliphatic carbocycles. The normalized spacial score (nSPS) is 32.3. The maximum absolute atomic E-state index is 13.6. The first-order chi connectivity index (χ1) is 8.13. The number of aliphatic hydroxyl groups is 1. The number of hydrogen-bond donors (Lipinski definition) is 1. The van der Waals surface area contributed by atoms with Gasteiger partial charge in [0, 0.05) is 10.9 Å². The van der Waals surface area contributed by atoms with Gasteiger partial charge in [0.25, 0.3) is 0 Å². The lowest BCUT2D eigenvalue weighted by Gasteiger charge is -2.19. The molecule has 3 heteroatoms. The standard InChI is InChI=1S/C14H16BrFO/c15-12-2-1-8(13(16)7-12)6-14(17)11-4-9-3-10(9)5-11/h1-2,7,9-11,14,17H,3-6H2. The van der Waals surface area contributed by atoms with E-state index in [0.29, 0.717) is 17.9 Å². The summed E-state index contributed by atoms with van der Waals surface area (Å²) in [7, 11) is 0. The van der Waals surface area contributed by atoms with Crippen molar-refractivity contribution in [1.82, 2.24) is 0 Å². The summed E-state index contributed by atoms with van der Waals surface area (Å²) < 4.78 is 14.4. The molecule has 2 aliphatic rings. The Kier molecular flexibility index (Phi) is 2.99. The average Bonchev–Trinajstić information content (AvgIpc) is 2.89. The molecule has 0 saturated heterocycles. The van der Waals surface area contributed by atoms with E-state index < -0.39 is 0 Å². The fraction of sp³-hybridized carbons (Fsp3) is 0.571. The molecule has 2 saturated carbocycles. The highest BCUT2D eigenvalue weighted by Crippen LogP contribution is 2.55. The van der Waals surface area contributed by atoms with Crippen LogP contribution in [0.3, 0.4) is 0 Å². The van der Waals surface area contributed by atoms with Gasteiger partial charge < -0.3 is 5.11 Å². The Bertz CT molecular complexity index is 424. The summed E-state index contributed by atoms with van der Waals surface area (Å²) in [5.74, 6) is 1.90. The molecule has 92 valence electrons. The van der Waals surface area contributed by atoms with Crippen LogP contribution in [0.2, 0.25) is 0 Å². The highest BCUT2D eigenvalue weighted by Gasteiger charge is 2.47. The summed E-state index contributed by atoms with van der Waals surface area (Å²) >= 11 is 3.24. The van der Waals surface area contributed by atoms with Crippen molar-refractivity contribution >= 4 is 15.9 Å². The lowest BCUT2D eigenvalue weighted by Crippen LogP contribution is -2.22. The minimum atomic E-state index is -0.376. The van der Waals surface area contributed by atoms with Crippen LogP contribution in [-0.2, 0) is 6.42 Å². The Morgan fingerprint density at radius 2 is 2.00 bits per heavy atom. The summed E-state index contributed by atoms with van der Waals surface area (Å²) in [6.45, 7) is 0. The minimum absolute atomic E-state index is 0.221. The van der Waals surface area contributed by atoms with Crippen molar-refractivity contribution in [3.8, 4) is 0 Å². The molecule has 0 radical (unpaired) electrons. The highest BCUT2D eigenvalue weighted by molar-refractivity contribution is 9.10. The third-order valence-electron chi connectivity index (χ3n) is 4.27. The monoisotopic (exact) mass is 298 g/mol. The van der Waals surface area contributed by atoms with E-state index >= 15 is 0 Å². The van der Waals surface area contributed by atoms with Crippen molar-refractivity contribution in [1.29, 1.82) is 0 Å². The molecule has 1 nitrogen and oxygen atoms in total. The Hall–Kier alpha value is -0.410. The van der Waals surface area contributed by atoms with E-state index in [-0.39, 0.29) is 11.9 Å². The van der Waals surface area contributed by atoms with Crippen molar-refractivity contribution in [3.63, 3.8) is 0 Å². The zero-order valence-electron chi connectivity index (χ0n) is 9.57. The van der Waals surface area contributed by atoms with Gasteiger partial charge in [-0.25, -0.2) is 4.39 Å². The zero-order valence-corrected chi connectivity index (χ0v) is 11.2. The van der Waals surface area contributed by atoms with E-state index in [1.807, 2.05) is 6.07 Å². The second-order valence-electron chi connectivity index (χ2n) is 5.49. The molecule has 0 heterocycles. The number of rotatable bonds is 3. The van der Waals surface area contributed by atoms with Gasteiger partial charge in [-0.2, -0.15) is 0 Å². The number of aliphatic hydroxyl groups excluding tert-OH is 1. The molecule has 0 spiro atoms. The molecule has 17 heavy (non-hydrogen) atoms. The average molecular weight is 299 g/mol. The van der Waals surface area contributed by atoms with E-state index in [1.165, 1.54) is 12.5 Å². The highest BCUT2D eigenvalue weighted by atomic mass is 79.9. The first kappa shape index (κ1) is 11.7. The molecule has 0 bridgehead atoms. The Labute approximate surface area is 109 Å². The van der Waals surface area contributed by atoms with Crippen LogP contribution in [0.4, 0.5) is 4.39 Å². The second-order valence-corrected chi connectivity index (χ2v) is 6.41. The van der Waals surface area contributed by atoms with Gasteiger partial charge in [0.1, 0.15) is 5.82 Å². The van der Waals surface area contributed by atoms with Crippen LogP contribution in [0.1, 0.15) is 24.8 Å². The van der Waals surface area contributed by atoms with Crippen molar-refractivity contribution in [2.45, 2.75) is 31.8 Å². The van der Waals surface area contributed by atoms with Gasteiger partial charge in [0.2, 0.25) is 0 Å². The molecule has 0 amide bonds. The van der Waals surface area contributed by atoms with Crippen LogP contribution >= 0.6 is 15.9 Å². The third-order valence-corrected chi connectivity index (χ3v) is 4.76. The number of benzene rings is 1. The first-order valence-electron chi connectivity index (χ1n) is 6.25. The lowest BCUT2D eigenvalue weighted by molar-refractivity contribution is 0.103. The molecule has 0 aromatic heterocycles. The first-order valence-corrected chi connectivity index (χ1v) is 7.05. The van der Waals surface area contributed by atoms with E-state index in [1.54, 1.807) is 6.07 Å². The summed E-state index contributed by atoms with van der Waals surface area (Å²) in [5.41, 5.74) is 0.626. The Balaban J connectivity index is 1.65. The van der Waals surface area contributed by atoms with Crippen molar-refractivity contribution in [2.24, 2.45) is 17.8 Å². The van der Waals surface area contributed by atoms with Gasteiger partial charge in [-0.1, -0.05) is 22.0 Å². The Morgan fingerprint density at radius 1 is 1.29 bits per heavy atom. The molecule has 2 fully saturated rings. The molecule has 3 unspecified atom stereocenters. The van der Waals surface area contributed by atoms with Crippen LogP contribution < -0.4 is 0 Å². The molecule has 1 N–H and O–H groups in total. The summed E-state index contributed by atoms with van der Waals surface area (Å²) in [5, 5.41) is 10.2. The largest absolute Gasteiger partial charge is 0.392 e. The van der Waals surface area contributed by atoms with Crippen molar-refractivity contribution in [3.05, 3.63) is 34.1 Å². The van der Waals surface area contributed by atoms with Crippen LogP contribution in [0.25, 0.3) is 0 Å². The quantitative estimate of drug-likeness (QED) is 0.905. The summed E-state index contributed by atoms with van der Waals surface area (Å²) in [6.07, 6.45) is 3.71. The molecule has 3 atom stereocenters. The second kappa shape index (κ2) is 4.36.